The molecule has 0 aliphatic rings. The summed E-state index contributed by atoms with van der Waals surface area (Å²) >= 11 is 7.11. The van der Waals surface area contributed by atoms with E-state index in [0.717, 1.165) is 16.3 Å². The van der Waals surface area contributed by atoms with Gasteiger partial charge in [-0.25, -0.2) is 0 Å². The van der Waals surface area contributed by atoms with E-state index in [0.29, 0.717) is 0 Å². The van der Waals surface area contributed by atoms with Crippen LogP contribution in [0.15, 0.2) is 42.5 Å². The van der Waals surface area contributed by atoms with Crippen LogP contribution in [0.4, 0.5) is 0 Å². The van der Waals surface area contributed by atoms with Gasteiger partial charge >= 0.3 is 5.97 Å². The summed E-state index contributed by atoms with van der Waals surface area (Å²) in [7, 11) is 0. The average Bonchev–Trinajstić information content (AvgIpc) is 3.14. The summed E-state index contributed by atoms with van der Waals surface area (Å²) in [5.41, 5.74) is 4.18. The van der Waals surface area contributed by atoms with Gasteiger partial charge in [-0.05, 0) is 37.6 Å². The van der Waals surface area contributed by atoms with Crippen LogP contribution in [0, 0.1) is 13.8 Å². The quantitative estimate of drug-likeness (QED) is 0.492. The Labute approximate surface area is 149 Å². The normalized spacial score (nSPS) is 10.8. The molecule has 0 atom stereocenters. The van der Waals surface area contributed by atoms with Gasteiger partial charge in [-0.15, -0.1) is 11.3 Å². The van der Waals surface area contributed by atoms with E-state index in [-0.39, 0.29) is 12.6 Å². The molecule has 0 aliphatic heterocycles. The largest absolute Gasteiger partial charge is 0.448 e. The molecule has 0 fully saturated rings. The molecule has 0 N–H and O–H groups in total. The Morgan fingerprint density at radius 2 is 2.00 bits per heavy atom. The molecular weight excluding hydrogens is 344 g/mol. The monoisotopic (exact) mass is 360 g/mol. The molecule has 2 heterocycles. The van der Waals surface area contributed by atoms with E-state index >= 15 is 0 Å². The molecule has 4 nitrogen and oxygen atoms in total. The summed E-state index contributed by atoms with van der Waals surface area (Å²) in [4.78, 5) is 13.9. The second-order valence-corrected chi connectivity index (χ2v) is 6.79. The van der Waals surface area contributed by atoms with Crippen molar-refractivity contribution in [1.29, 1.82) is 0 Å². The smallest absolute Gasteiger partial charge is 0.328 e. The number of hydrogen-bond donors (Lipinski definition) is 0. The molecule has 0 spiro atoms. The molecule has 3 rings (SSSR count). The van der Waals surface area contributed by atoms with Crippen molar-refractivity contribution in [2.45, 2.75) is 20.4 Å². The van der Waals surface area contributed by atoms with Gasteiger partial charge in [0.05, 0.1) is 16.3 Å². The molecular formula is C18H17ClN2O2S. The summed E-state index contributed by atoms with van der Waals surface area (Å²) in [6, 6.07) is 14.4. The minimum Gasteiger partial charge on any atom is -0.448 e. The van der Waals surface area contributed by atoms with E-state index < -0.39 is 5.97 Å². The molecule has 2 aromatic heterocycles. The van der Waals surface area contributed by atoms with Crippen molar-refractivity contribution in [2.24, 2.45) is 0 Å². The highest BCUT2D eigenvalue weighted by atomic mass is 35.5. The van der Waals surface area contributed by atoms with Gasteiger partial charge in [0.15, 0.2) is 6.07 Å². The molecule has 0 aliphatic carbocycles. The Kier molecular flexibility index (Phi) is 5.02. The van der Waals surface area contributed by atoms with E-state index in [2.05, 4.69) is 48.4 Å². The van der Waals surface area contributed by atoms with E-state index in [1.807, 2.05) is 13.0 Å². The van der Waals surface area contributed by atoms with E-state index in [4.69, 9.17) is 16.3 Å². The lowest BCUT2D eigenvalue weighted by molar-refractivity contribution is -0.142. The number of thiophene rings is 1. The Morgan fingerprint density at radius 1 is 1.21 bits per heavy atom. The predicted molar refractivity (Wildman–Crippen MR) is 97.3 cm³/mol. The van der Waals surface area contributed by atoms with Gasteiger partial charge in [0.2, 0.25) is 0 Å². The third-order valence-electron chi connectivity index (χ3n) is 3.56. The molecule has 124 valence electrons. The van der Waals surface area contributed by atoms with Crippen LogP contribution in [-0.2, 0) is 16.1 Å². The molecule has 6 heteroatoms. The van der Waals surface area contributed by atoms with Crippen LogP contribution in [0.2, 0.25) is 0 Å². The number of halogens is 1. The summed E-state index contributed by atoms with van der Waals surface area (Å²) in [6.45, 7) is 4.04. The zero-order valence-electron chi connectivity index (χ0n) is 13.5. The first-order valence-corrected chi connectivity index (χ1v) is 8.85. The third kappa shape index (κ3) is 3.68. The van der Waals surface area contributed by atoms with Gasteiger partial charge in [0.1, 0.15) is 6.54 Å². The zero-order valence-corrected chi connectivity index (χ0v) is 15.0. The van der Waals surface area contributed by atoms with Gasteiger partial charge in [-0.3, -0.25) is 9.48 Å². The van der Waals surface area contributed by atoms with Crippen molar-refractivity contribution < 1.29 is 9.53 Å². The molecule has 0 saturated carbocycles. The number of aryl methyl sites for hydroxylation is 2. The van der Waals surface area contributed by atoms with Gasteiger partial charge in [-0.1, -0.05) is 41.4 Å². The number of hydrogen-bond acceptors (Lipinski definition) is 4. The Bertz CT molecular complexity index is 870. The van der Waals surface area contributed by atoms with Crippen molar-refractivity contribution in [3.63, 3.8) is 0 Å². The molecule has 1 aromatic carbocycles. The average molecular weight is 361 g/mol. The number of carbonyl (C=O) groups excluding carboxylic acids is 1. The number of aromatic nitrogens is 2. The van der Waals surface area contributed by atoms with Gasteiger partial charge in [0, 0.05) is 4.88 Å². The topological polar surface area (TPSA) is 44.1 Å². The minimum atomic E-state index is -0.398. The Morgan fingerprint density at radius 3 is 2.75 bits per heavy atom. The number of rotatable bonds is 5. The zero-order chi connectivity index (χ0) is 17.1. The summed E-state index contributed by atoms with van der Waals surface area (Å²) in [5, 5.41) is 4.38. The van der Waals surface area contributed by atoms with Crippen LogP contribution in [0.1, 0.15) is 11.3 Å². The van der Waals surface area contributed by atoms with Crippen LogP contribution in [-0.4, -0.2) is 21.8 Å². The number of carbonyl (C=O) groups is 1. The van der Waals surface area contributed by atoms with Crippen LogP contribution >= 0.6 is 22.9 Å². The standard InChI is InChI=1S/C18H17ClN2O2S/c1-12-4-3-5-14(8-12)16-6-7-17(24-16)15-9-13(2)20-21(15)10-18(22)23-11-19/h3-9H,10-11H2,1-2H3. The molecule has 0 unspecified atom stereocenters. The Hall–Kier alpha value is -2.11. The summed E-state index contributed by atoms with van der Waals surface area (Å²) < 4.78 is 6.47. The number of benzene rings is 1. The highest BCUT2D eigenvalue weighted by Crippen LogP contribution is 2.35. The van der Waals surface area contributed by atoms with E-state index in [9.17, 15) is 4.79 Å². The fourth-order valence-electron chi connectivity index (χ4n) is 2.52. The fourth-order valence-corrected chi connectivity index (χ4v) is 3.67. The summed E-state index contributed by atoms with van der Waals surface area (Å²) in [6.07, 6.45) is 0. The fraction of sp³-hybridized carbons (Fsp3) is 0.222. The predicted octanol–water partition coefficient (Wildman–Crippen LogP) is 4.63. The minimum absolute atomic E-state index is 0.0492. The first kappa shape index (κ1) is 16.7. The van der Waals surface area contributed by atoms with Gasteiger partial charge in [0.25, 0.3) is 0 Å². The van der Waals surface area contributed by atoms with E-state index in [1.54, 1.807) is 16.0 Å². The van der Waals surface area contributed by atoms with Crippen molar-refractivity contribution in [1.82, 2.24) is 9.78 Å². The van der Waals surface area contributed by atoms with Crippen LogP contribution in [0.3, 0.4) is 0 Å². The number of esters is 1. The highest BCUT2D eigenvalue weighted by Gasteiger charge is 2.14. The second kappa shape index (κ2) is 7.20. The summed E-state index contributed by atoms with van der Waals surface area (Å²) in [5.74, 6) is -0.398. The van der Waals surface area contributed by atoms with Crippen molar-refractivity contribution in [2.75, 3.05) is 6.07 Å². The lowest BCUT2D eigenvalue weighted by Crippen LogP contribution is -2.14. The lowest BCUT2D eigenvalue weighted by Gasteiger charge is -2.05. The lowest BCUT2D eigenvalue weighted by atomic mass is 10.1. The molecule has 0 bridgehead atoms. The first-order chi connectivity index (χ1) is 11.6. The van der Waals surface area contributed by atoms with E-state index in [1.165, 1.54) is 16.0 Å². The van der Waals surface area contributed by atoms with Gasteiger partial charge < -0.3 is 4.74 Å². The maximum Gasteiger partial charge on any atom is 0.328 e. The highest BCUT2D eigenvalue weighted by molar-refractivity contribution is 7.18. The number of ether oxygens (including phenoxy) is 1. The van der Waals surface area contributed by atoms with Crippen molar-refractivity contribution in [3.05, 3.63) is 53.7 Å². The maximum atomic E-state index is 11.7. The Balaban J connectivity index is 1.91. The SMILES string of the molecule is Cc1cccc(-c2ccc(-c3cc(C)nn3CC(=O)OCCl)s2)c1. The van der Waals surface area contributed by atoms with Crippen LogP contribution in [0.5, 0.6) is 0 Å². The van der Waals surface area contributed by atoms with Crippen LogP contribution < -0.4 is 0 Å². The first-order valence-electron chi connectivity index (χ1n) is 7.50. The van der Waals surface area contributed by atoms with Gasteiger partial charge in [-0.2, -0.15) is 5.10 Å². The molecule has 0 radical (unpaired) electrons. The molecule has 0 amide bonds. The van der Waals surface area contributed by atoms with Crippen molar-refractivity contribution in [3.8, 4) is 21.0 Å². The molecule has 24 heavy (non-hydrogen) atoms. The molecule has 3 aromatic rings. The second-order valence-electron chi connectivity index (χ2n) is 5.49. The maximum absolute atomic E-state index is 11.7. The van der Waals surface area contributed by atoms with Crippen molar-refractivity contribution >= 4 is 28.9 Å². The third-order valence-corrected chi connectivity index (χ3v) is 4.82. The number of nitrogens with zero attached hydrogens (tertiary/aromatic N) is 2. The molecule has 0 saturated heterocycles. The number of alkyl halides is 1. The van der Waals surface area contributed by atoms with Crippen LogP contribution in [0.25, 0.3) is 21.0 Å².